The van der Waals surface area contributed by atoms with Gasteiger partial charge in [0.1, 0.15) is 10.9 Å². The predicted octanol–water partition coefficient (Wildman–Crippen LogP) is 3.18. The largest absolute Gasteiger partial charge is 0.472 e. The molecular weight excluding hydrogens is 573 g/mol. The van der Waals surface area contributed by atoms with E-state index in [0.29, 0.717) is 6.54 Å². The molecule has 4 atom stereocenters. The van der Waals surface area contributed by atoms with Crippen molar-refractivity contribution in [2.45, 2.75) is 52.3 Å². The van der Waals surface area contributed by atoms with E-state index in [0.717, 1.165) is 0 Å². The Morgan fingerprint density at radius 2 is 1.57 bits per heavy atom. The zero-order chi connectivity index (χ0) is 29.1. The van der Waals surface area contributed by atoms with Gasteiger partial charge in [0, 0.05) is 6.54 Å². The van der Waals surface area contributed by atoms with Crippen molar-refractivity contribution in [3.63, 3.8) is 0 Å². The SMILES string of the molecule is C#CCOC(=O)C(C)(Br)C(C)C(C)(CC(C)(C)C(=O)OCC)C(=O)OCCOP(=O)(O)OCCN(C)C. The van der Waals surface area contributed by atoms with Crippen LogP contribution < -0.4 is 0 Å². The zero-order valence-electron chi connectivity index (χ0n) is 23.0. The number of phosphoric acid groups is 1. The molecular formula is C24H41BrNO10P. The van der Waals surface area contributed by atoms with Gasteiger partial charge in [-0.2, -0.15) is 0 Å². The fraction of sp³-hybridized carbons (Fsp3) is 0.792. The van der Waals surface area contributed by atoms with Gasteiger partial charge in [0.15, 0.2) is 6.61 Å². The normalized spacial score (nSPS) is 17.5. The number of esters is 3. The van der Waals surface area contributed by atoms with E-state index >= 15 is 0 Å². The van der Waals surface area contributed by atoms with Gasteiger partial charge in [-0.25, -0.2) is 4.57 Å². The van der Waals surface area contributed by atoms with Gasteiger partial charge < -0.3 is 24.0 Å². The summed E-state index contributed by atoms with van der Waals surface area (Å²) in [5.41, 5.74) is -2.55. The van der Waals surface area contributed by atoms with Crippen molar-refractivity contribution in [1.29, 1.82) is 0 Å². The molecule has 0 aliphatic rings. The monoisotopic (exact) mass is 613 g/mol. The topological polar surface area (TPSA) is 138 Å². The highest BCUT2D eigenvalue weighted by Gasteiger charge is 2.55. The second-order valence-electron chi connectivity index (χ2n) is 9.85. The van der Waals surface area contributed by atoms with Gasteiger partial charge in [0.2, 0.25) is 0 Å². The summed E-state index contributed by atoms with van der Waals surface area (Å²) >= 11 is 3.38. The van der Waals surface area contributed by atoms with Crippen molar-refractivity contribution >= 4 is 41.7 Å². The highest BCUT2D eigenvalue weighted by molar-refractivity contribution is 9.10. The Hall–Kier alpha value is -1.48. The molecule has 0 heterocycles. The number of rotatable bonds is 17. The first kappa shape index (κ1) is 35.5. The molecule has 0 aromatic rings. The number of hydrogen-bond donors (Lipinski definition) is 1. The van der Waals surface area contributed by atoms with Gasteiger partial charge in [-0.05, 0) is 61.1 Å². The van der Waals surface area contributed by atoms with Crippen molar-refractivity contribution in [1.82, 2.24) is 4.90 Å². The van der Waals surface area contributed by atoms with Gasteiger partial charge in [-0.3, -0.25) is 23.4 Å². The Morgan fingerprint density at radius 1 is 1.00 bits per heavy atom. The van der Waals surface area contributed by atoms with Crippen LogP contribution >= 0.6 is 23.8 Å². The zero-order valence-corrected chi connectivity index (χ0v) is 25.5. The van der Waals surface area contributed by atoms with E-state index in [1.54, 1.807) is 53.6 Å². The van der Waals surface area contributed by atoms with E-state index in [-0.39, 0.29) is 32.8 Å². The Kier molecular flexibility index (Phi) is 14.6. The van der Waals surface area contributed by atoms with E-state index in [4.69, 9.17) is 29.7 Å². The summed E-state index contributed by atoms with van der Waals surface area (Å²) in [5, 5.41) is 0. The van der Waals surface area contributed by atoms with E-state index in [1.165, 1.54) is 6.92 Å². The van der Waals surface area contributed by atoms with Crippen LogP contribution in [0.25, 0.3) is 0 Å². The highest BCUT2D eigenvalue weighted by atomic mass is 79.9. The summed E-state index contributed by atoms with van der Waals surface area (Å²) < 4.78 is 36.0. The summed E-state index contributed by atoms with van der Waals surface area (Å²) in [6.07, 6.45) is 5.14. The molecule has 0 aromatic heterocycles. The van der Waals surface area contributed by atoms with Crippen LogP contribution in [-0.2, 0) is 42.2 Å². The third-order valence-electron chi connectivity index (χ3n) is 5.92. The summed E-state index contributed by atoms with van der Waals surface area (Å²) in [6.45, 7) is 9.17. The first-order valence-electron chi connectivity index (χ1n) is 11.8. The Bertz CT molecular complexity index is 870. The predicted molar refractivity (Wildman–Crippen MR) is 141 cm³/mol. The summed E-state index contributed by atoms with van der Waals surface area (Å²) in [6, 6.07) is 0. The fourth-order valence-corrected chi connectivity index (χ4v) is 4.88. The number of carbonyl (C=O) groups excluding carboxylic acids is 3. The van der Waals surface area contributed by atoms with E-state index < -0.39 is 53.4 Å². The van der Waals surface area contributed by atoms with Crippen molar-refractivity contribution in [3.8, 4) is 12.3 Å². The van der Waals surface area contributed by atoms with Crippen LogP contribution in [0.3, 0.4) is 0 Å². The molecule has 0 rings (SSSR count). The lowest BCUT2D eigenvalue weighted by Gasteiger charge is -2.43. The fourth-order valence-electron chi connectivity index (χ4n) is 3.57. The number of terminal acetylenes is 1. The summed E-state index contributed by atoms with van der Waals surface area (Å²) in [4.78, 5) is 50.3. The molecule has 0 saturated carbocycles. The molecule has 1 N–H and O–H groups in total. The van der Waals surface area contributed by atoms with Crippen LogP contribution in [0.5, 0.6) is 0 Å². The van der Waals surface area contributed by atoms with Gasteiger partial charge >= 0.3 is 25.7 Å². The highest BCUT2D eigenvalue weighted by Crippen LogP contribution is 2.48. The number of phosphoric ester groups is 1. The van der Waals surface area contributed by atoms with Gasteiger partial charge in [0.05, 0.1) is 30.7 Å². The Labute approximate surface area is 228 Å². The molecule has 0 saturated heterocycles. The number of ether oxygens (including phenoxy) is 3. The number of hydrogen-bond acceptors (Lipinski definition) is 10. The Balaban J connectivity index is 5.70. The molecule has 0 aromatic carbocycles. The number of nitrogens with zero attached hydrogens (tertiary/aromatic N) is 1. The Morgan fingerprint density at radius 3 is 2.08 bits per heavy atom. The minimum Gasteiger partial charge on any atom is -0.466 e. The average molecular weight is 614 g/mol. The molecule has 0 aliphatic heterocycles. The molecule has 37 heavy (non-hydrogen) atoms. The molecule has 0 aliphatic carbocycles. The van der Waals surface area contributed by atoms with Crippen LogP contribution in [0.2, 0.25) is 0 Å². The van der Waals surface area contributed by atoms with Crippen molar-refractivity contribution in [3.05, 3.63) is 0 Å². The molecule has 4 unspecified atom stereocenters. The van der Waals surface area contributed by atoms with E-state index in [1.807, 2.05) is 0 Å². The lowest BCUT2D eigenvalue weighted by Crippen LogP contribution is -2.51. The summed E-state index contributed by atoms with van der Waals surface area (Å²) in [7, 11) is -0.782. The standard InChI is InChI=1S/C24H41BrNO10P/c1-10-13-33-21(29)24(7,25)18(3)23(6,17-22(4,5)19(27)32-11-2)20(28)34-15-16-36-37(30,31)35-14-12-26(8)9/h1,18H,11-17H2,2-9H3,(H,30,31). The second-order valence-corrected chi connectivity index (χ2v) is 13.0. The molecule has 0 amide bonds. The van der Waals surface area contributed by atoms with Crippen LogP contribution in [0.1, 0.15) is 48.0 Å². The molecule has 0 bridgehead atoms. The smallest absolute Gasteiger partial charge is 0.466 e. The molecule has 0 fully saturated rings. The van der Waals surface area contributed by atoms with Crippen molar-refractivity contribution in [2.24, 2.45) is 16.7 Å². The minimum atomic E-state index is -4.34. The average Bonchev–Trinajstić information content (AvgIpc) is 2.78. The quantitative estimate of drug-likeness (QED) is 0.0646. The summed E-state index contributed by atoms with van der Waals surface area (Å²) in [5.74, 6) is -0.519. The van der Waals surface area contributed by atoms with E-state index in [9.17, 15) is 23.8 Å². The van der Waals surface area contributed by atoms with Gasteiger partial charge in [0.25, 0.3) is 0 Å². The maximum Gasteiger partial charge on any atom is 0.472 e. The first-order chi connectivity index (χ1) is 16.9. The molecule has 0 spiro atoms. The molecule has 0 radical (unpaired) electrons. The molecule has 13 heteroatoms. The molecule has 214 valence electrons. The van der Waals surface area contributed by atoms with Gasteiger partial charge in [-0.1, -0.05) is 28.8 Å². The van der Waals surface area contributed by atoms with Crippen LogP contribution in [-0.4, -0.2) is 85.7 Å². The van der Waals surface area contributed by atoms with Gasteiger partial charge in [-0.15, -0.1) is 6.42 Å². The number of carbonyl (C=O) groups is 3. The van der Waals surface area contributed by atoms with Crippen molar-refractivity contribution < 1.29 is 47.1 Å². The maximum atomic E-state index is 13.4. The lowest BCUT2D eigenvalue weighted by molar-refractivity contribution is -0.168. The number of halogens is 1. The minimum absolute atomic E-state index is 0.0291. The van der Waals surface area contributed by atoms with Crippen LogP contribution in [0.4, 0.5) is 0 Å². The number of likely N-dealkylation sites (N-methyl/N-ethyl adjacent to an activating group) is 1. The third-order valence-corrected chi connectivity index (χ3v) is 7.95. The first-order valence-corrected chi connectivity index (χ1v) is 14.1. The molecule has 11 nitrogen and oxygen atoms in total. The van der Waals surface area contributed by atoms with Crippen LogP contribution in [0, 0.1) is 29.1 Å². The lowest BCUT2D eigenvalue weighted by atomic mass is 9.64. The number of alkyl halides is 1. The third kappa shape index (κ3) is 11.4. The van der Waals surface area contributed by atoms with E-state index in [2.05, 4.69) is 21.9 Å². The second kappa shape index (κ2) is 15.2. The maximum absolute atomic E-state index is 13.4. The van der Waals surface area contributed by atoms with Crippen molar-refractivity contribution in [2.75, 3.05) is 53.7 Å². The van der Waals surface area contributed by atoms with Crippen LogP contribution in [0.15, 0.2) is 0 Å².